The lowest BCUT2D eigenvalue weighted by Crippen LogP contribution is -2.47. The lowest BCUT2D eigenvalue weighted by atomic mass is 10.0. The van der Waals surface area contributed by atoms with E-state index in [2.05, 4.69) is 36.1 Å². The number of aromatic nitrogens is 1. The van der Waals surface area contributed by atoms with Crippen LogP contribution in [0.15, 0.2) is 32.6 Å². The van der Waals surface area contributed by atoms with Crippen molar-refractivity contribution in [2.45, 2.75) is 33.0 Å². The molecule has 0 spiro atoms. The number of halogens is 2. The molecule has 3 N–H and O–H groups in total. The number of hydrogen-bond acceptors (Lipinski definition) is 6. The zero-order chi connectivity index (χ0) is 17.6. The molecule has 0 fully saturated rings. The molecule has 128 valence electrons. The van der Waals surface area contributed by atoms with Crippen molar-refractivity contribution in [3.05, 3.63) is 44.4 Å². The smallest absolute Gasteiger partial charge is 0.196 e. The highest BCUT2D eigenvalue weighted by Gasteiger charge is 2.41. The van der Waals surface area contributed by atoms with E-state index < -0.39 is 5.66 Å². The van der Waals surface area contributed by atoms with Gasteiger partial charge in [-0.3, -0.25) is 0 Å². The van der Waals surface area contributed by atoms with Crippen molar-refractivity contribution in [1.29, 1.82) is 0 Å². The van der Waals surface area contributed by atoms with Crippen LogP contribution >= 0.6 is 27.5 Å². The molecule has 1 aromatic heterocycles. The second-order valence-electron chi connectivity index (χ2n) is 5.95. The van der Waals surface area contributed by atoms with Crippen LogP contribution in [-0.4, -0.2) is 28.6 Å². The SMILES string of the molecule is COc1c(C)c(Br)nc(CN2C=CC3=C(Cl)NC(N)=NC32C)c1C. The molecular weight excluding hydrogens is 394 g/mol. The standard InChI is InChI=1S/C16H19BrClN5O/c1-8-11(20-13(17)9(2)12(8)24-4)7-23-6-5-10-14(18)21-15(19)22-16(10,23)3/h5-6H,7H2,1-4H3,(H3,19,21,22). The fourth-order valence-corrected chi connectivity index (χ4v) is 3.82. The number of hydrogen-bond donors (Lipinski definition) is 2. The topological polar surface area (TPSA) is 75.8 Å². The lowest BCUT2D eigenvalue weighted by Gasteiger charge is -2.37. The van der Waals surface area contributed by atoms with E-state index in [0.717, 1.165) is 32.7 Å². The Labute approximate surface area is 154 Å². The van der Waals surface area contributed by atoms with Crippen LogP contribution in [0.4, 0.5) is 0 Å². The molecule has 8 heteroatoms. The summed E-state index contributed by atoms with van der Waals surface area (Å²) in [7, 11) is 1.67. The number of guanidine groups is 1. The number of nitrogens with one attached hydrogen (secondary N) is 1. The number of nitrogens with two attached hydrogens (primary N) is 1. The average Bonchev–Trinajstić information content (AvgIpc) is 2.82. The van der Waals surface area contributed by atoms with Crippen molar-refractivity contribution < 1.29 is 4.74 Å². The summed E-state index contributed by atoms with van der Waals surface area (Å²) in [5.41, 5.74) is 8.99. The van der Waals surface area contributed by atoms with Gasteiger partial charge in [0, 0.05) is 22.9 Å². The Bertz CT molecular complexity index is 804. The molecular formula is C16H19BrClN5O. The zero-order valence-corrected chi connectivity index (χ0v) is 16.3. The van der Waals surface area contributed by atoms with E-state index in [-0.39, 0.29) is 0 Å². The Morgan fingerprint density at radius 3 is 2.79 bits per heavy atom. The van der Waals surface area contributed by atoms with E-state index in [0.29, 0.717) is 17.7 Å². The third kappa shape index (κ3) is 2.56. The minimum atomic E-state index is -0.648. The molecule has 1 aromatic rings. The molecule has 2 aliphatic heterocycles. The van der Waals surface area contributed by atoms with E-state index in [4.69, 9.17) is 22.1 Å². The van der Waals surface area contributed by atoms with Crippen molar-refractivity contribution >= 4 is 33.5 Å². The van der Waals surface area contributed by atoms with E-state index in [1.54, 1.807) is 7.11 Å². The van der Waals surface area contributed by atoms with Gasteiger partial charge in [-0.15, -0.1) is 0 Å². The normalized spacial score (nSPS) is 22.4. The Hall–Kier alpha value is -1.73. The minimum Gasteiger partial charge on any atom is -0.496 e. The van der Waals surface area contributed by atoms with E-state index >= 15 is 0 Å². The van der Waals surface area contributed by atoms with Crippen LogP contribution in [0, 0.1) is 13.8 Å². The van der Waals surface area contributed by atoms with Crippen molar-refractivity contribution in [3.63, 3.8) is 0 Å². The largest absolute Gasteiger partial charge is 0.496 e. The molecule has 1 unspecified atom stereocenters. The third-order valence-corrected chi connectivity index (χ3v) is 5.55. The molecule has 2 aliphatic rings. The van der Waals surface area contributed by atoms with Gasteiger partial charge >= 0.3 is 0 Å². The Morgan fingerprint density at radius 1 is 1.42 bits per heavy atom. The van der Waals surface area contributed by atoms with Crippen molar-refractivity contribution in [2.24, 2.45) is 10.7 Å². The molecule has 0 saturated carbocycles. The number of methoxy groups -OCH3 is 1. The van der Waals surface area contributed by atoms with Crippen LogP contribution < -0.4 is 15.8 Å². The molecule has 24 heavy (non-hydrogen) atoms. The summed E-state index contributed by atoms with van der Waals surface area (Å²) in [6.07, 6.45) is 3.91. The molecule has 0 radical (unpaired) electrons. The van der Waals surface area contributed by atoms with Crippen molar-refractivity contribution in [1.82, 2.24) is 15.2 Å². The van der Waals surface area contributed by atoms with Gasteiger partial charge in [-0.2, -0.15) is 0 Å². The highest BCUT2D eigenvalue weighted by atomic mass is 79.9. The molecule has 0 aliphatic carbocycles. The molecule has 3 heterocycles. The van der Waals surface area contributed by atoms with E-state index in [1.165, 1.54) is 0 Å². The monoisotopic (exact) mass is 411 g/mol. The van der Waals surface area contributed by atoms with Crippen LogP contribution in [-0.2, 0) is 6.54 Å². The molecule has 3 rings (SSSR count). The average molecular weight is 413 g/mol. The minimum absolute atomic E-state index is 0.298. The highest BCUT2D eigenvalue weighted by Crippen LogP contribution is 2.39. The fraction of sp³-hybridized carbons (Fsp3) is 0.375. The summed E-state index contributed by atoms with van der Waals surface area (Å²) in [6.45, 7) is 6.52. The molecule has 0 bridgehead atoms. The number of pyridine rings is 1. The highest BCUT2D eigenvalue weighted by molar-refractivity contribution is 9.10. The molecule has 1 atom stereocenters. The number of ether oxygens (including phenoxy) is 1. The van der Waals surface area contributed by atoms with Gasteiger partial charge in [0.25, 0.3) is 0 Å². The van der Waals surface area contributed by atoms with Crippen LogP contribution in [0.5, 0.6) is 5.75 Å². The lowest BCUT2D eigenvalue weighted by molar-refractivity contribution is 0.217. The Morgan fingerprint density at radius 2 is 2.12 bits per heavy atom. The first-order chi connectivity index (χ1) is 11.3. The maximum Gasteiger partial charge on any atom is 0.196 e. The fourth-order valence-electron chi connectivity index (χ4n) is 3.09. The first kappa shape index (κ1) is 17.1. The summed E-state index contributed by atoms with van der Waals surface area (Å²) < 4.78 is 6.31. The molecule has 0 saturated heterocycles. The van der Waals surface area contributed by atoms with Gasteiger partial charge in [0.1, 0.15) is 15.5 Å². The van der Waals surface area contributed by atoms with Crippen LogP contribution in [0.25, 0.3) is 0 Å². The van der Waals surface area contributed by atoms with E-state index in [1.807, 2.05) is 33.0 Å². The van der Waals surface area contributed by atoms with Crippen molar-refractivity contribution in [3.8, 4) is 5.75 Å². The summed E-state index contributed by atoms with van der Waals surface area (Å²) in [6, 6.07) is 0. The van der Waals surface area contributed by atoms with Crippen molar-refractivity contribution in [2.75, 3.05) is 7.11 Å². The molecule has 6 nitrogen and oxygen atoms in total. The van der Waals surface area contributed by atoms with Gasteiger partial charge in [-0.05, 0) is 42.8 Å². The quantitative estimate of drug-likeness (QED) is 0.590. The Kier molecular flexibility index (Phi) is 4.25. The van der Waals surface area contributed by atoms with Gasteiger partial charge in [0.05, 0.1) is 19.3 Å². The van der Waals surface area contributed by atoms with Gasteiger partial charge in [-0.25, -0.2) is 9.98 Å². The second kappa shape index (κ2) is 5.97. The predicted octanol–water partition coefficient (Wildman–Crippen LogP) is 2.88. The van der Waals surface area contributed by atoms with Gasteiger partial charge in [0.15, 0.2) is 11.6 Å². The summed E-state index contributed by atoms with van der Waals surface area (Å²) >= 11 is 9.79. The van der Waals surface area contributed by atoms with Crippen LogP contribution in [0.1, 0.15) is 23.7 Å². The van der Waals surface area contributed by atoms with Gasteiger partial charge in [0.2, 0.25) is 0 Å². The predicted molar refractivity (Wildman–Crippen MR) is 98.7 cm³/mol. The summed E-state index contributed by atoms with van der Waals surface area (Å²) in [4.78, 5) is 11.3. The molecule has 0 amide bonds. The third-order valence-electron chi connectivity index (χ3n) is 4.48. The first-order valence-electron chi connectivity index (χ1n) is 7.45. The zero-order valence-electron chi connectivity index (χ0n) is 13.9. The van der Waals surface area contributed by atoms with E-state index in [9.17, 15) is 0 Å². The Balaban J connectivity index is 2.00. The van der Waals surface area contributed by atoms with Crippen LogP contribution in [0.2, 0.25) is 0 Å². The number of nitrogens with zero attached hydrogens (tertiary/aromatic N) is 3. The number of aliphatic imine (C=N–C) groups is 1. The summed E-state index contributed by atoms with van der Waals surface area (Å²) in [5.74, 6) is 1.13. The first-order valence-corrected chi connectivity index (χ1v) is 8.62. The van der Waals surface area contributed by atoms with Gasteiger partial charge in [-0.1, -0.05) is 11.6 Å². The second-order valence-corrected chi connectivity index (χ2v) is 7.08. The van der Waals surface area contributed by atoms with Gasteiger partial charge < -0.3 is 20.7 Å². The maximum atomic E-state index is 6.28. The summed E-state index contributed by atoms with van der Waals surface area (Å²) in [5, 5.41) is 3.35. The molecule has 0 aromatic carbocycles. The number of fused-ring (bicyclic) bond motifs is 1. The van der Waals surface area contributed by atoms with Crippen LogP contribution in [0.3, 0.4) is 0 Å². The number of rotatable bonds is 3. The maximum absolute atomic E-state index is 6.28.